The molecule has 0 aliphatic heterocycles. The molecule has 30 aromatic rings. The second-order valence-electron chi connectivity index (χ2n) is 37.5. The van der Waals surface area contributed by atoms with Crippen LogP contribution in [0.4, 0.5) is 0 Å². The summed E-state index contributed by atoms with van der Waals surface area (Å²) in [5.41, 5.74) is 20.4. The van der Waals surface area contributed by atoms with Gasteiger partial charge in [-0.1, -0.05) is 388 Å². The molecule has 138 heavy (non-hydrogen) atoms. The zero-order valence-corrected chi connectivity index (χ0v) is 74.8. The van der Waals surface area contributed by atoms with Gasteiger partial charge < -0.3 is 0 Å². The van der Waals surface area contributed by atoms with Crippen molar-refractivity contribution >= 4 is 216 Å². The normalized spacial score (nSPS) is 12.2. The molecule has 0 N–H and O–H groups in total. The average molecular weight is 1740 g/mol. The minimum absolute atomic E-state index is 0.905. The average Bonchev–Trinajstić information content (AvgIpc) is 0.917. The van der Waals surface area contributed by atoms with E-state index >= 15 is 0 Å². The van der Waals surface area contributed by atoms with E-state index in [4.69, 9.17) is 9.97 Å². The van der Waals surface area contributed by atoms with Crippen LogP contribution in [-0.4, -0.2) is 19.1 Å². The zero-order chi connectivity index (χ0) is 90.1. The summed E-state index contributed by atoms with van der Waals surface area (Å²) in [4.78, 5) is 10.9. The Bertz CT molecular complexity index is 10000. The summed E-state index contributed by atoms with van der Waals surface area (Å²) in [7, 11) is 0. The number of aromatic nitrogens is 4. The van der Waals surface area contributed by atoms with E-state index < -0.39 is 0 Å². The van der Waals surface area contributed by atoms with Crippen molar-refractivity contribution in [2.45, 2.75) is 0 Å². The molecule has 0 spiro atoms. The molecule has 0 saturated heterocycles. The molecule has 0 atom stereocenters. The predicted octanol–water partition coefficient (Wildman–Crippen LogP) is 36.8. The fourth-order valence-electron chi connectivity index (χ4n) is 24.2. The van der Waals surface area contributed by atoms with Gasteiger partial charge in [-0.25, -0.2) is 9.97 Å². The lowest BCUT2D eigenvalue weighted by molar-refractivity contribution is 1.12. The van der Waals surface area contributed by atoms with E-state index in [-0.39, 0.29) is 0 Å². The maximum Gasteiger partial charge on any atom is 0.145 e. The number of rotatable bonds is 9. The first-order valence-electron chi connectivity index (χ1n) is 47.8. The molecule has 0 saturated carbocycles. The minimum Gasteiger partial charge on any atom is -0.292 e. The van der Waals surface area contributed by atoms with Crippen LogP contribution in [0.15, 0.2) is 473 Å². The Morgan fingerprint density at radius 1 is 0.130 bits per heavy atom. The molecule has 2 aromatic heterocycles. The lowest BCUT2D eigenvalue weighted by atomic mass is 9.84. The third-order valence-electron chi connectivity index (χ3n) is 30.3. The van der Waals surface area contributed by atoms with Crippen LogP contribution in [0.2, 0.25) is 0 Å². The van der Waals surface area contributed by atoms with Crippen molar-refractivity contribution in [2.24, 2.45) is 0 Å². The summed E-state index contributed by atoms with van der Waals surface area (Å²) in [5, 5.41) is 43.9. The third-order valence-corrected chi connectivity index (χ3v) is 30.3. The van der Waals surface area contributed by atoms with Crippen LogP contribution in [0.3, 0.4) is 0 Å². The first-order chi connectivity index (χ1) is 68.4. The van der Waals surface area contributed by atoms with Gasteiger partial charge >= 0.3 is 0 Å². The summed E-state index contributed by atoms with van der Waals surface area (Å²) >= 11 is 0. The van der Waals surface area contributed by atoms with E-state index in [0.29, 0.717) is 0 Å². The maximum absolute atomic E-state index is 5.45. The van der Waals surface area contributed by atoms with Gasteiger partial charge in [0.1, 0.15) is 11.6 Å². The predicted molar refractivity (Wildman–Crippen MR) is 589 cm³/mol. The van der Waals surface area contributed by atoms with Crippen LogP contribution in [0, 0.1) is 0 Å². The summed E-state index contributed by atoms with van der Waals surface area (Å²) in [6.07, 6.45) is 0. The van der Waals surface area contributed by atoms with Crippen molar-refractivity contribution in [1.82, 2.24) is 19.1 Å². The Morgan fingerprint density at radius 3 is 0.746 bits per heavy atom. The number of imidazole rings is 2. The van der Waals surface area contributed by atoms with E-state index in [2.05, 4.69) is 482 Å². The van der Waals surface area contributed by atoms with E-state index in [1.54, 1.807) is 0 Å². The lowest BCUT2D eigenvalue weighted by Gasteiger charge is -2.19. The molecule has 0 bridgehead atoms. The van der Waals surface area contributed by atoms with Gasteiger partial charge in [-0.2, -0.15) is 0 Å². The second-order valence-corrected chi connectivity index (χ2v) is 37.5. The number of hydrogen-bond donors (Lipinski definition) is 0. The quantitative estimate of drug-likeness (QED) is 0.107. The number of fused-ring (bicyclic) bond motifs is 26. The van der Waals surface area contributed by atoms with E-state index in [9.17, 15) is 0 Å². The van der Waals surface area contributed by atoms with Crippen molar-refractivity contribution in [3.05, 3.63) is 473 Å². The third kappa shape index (κ3) is 11.4. The molecule has 634 valence electrons. The van der Waals surface area contributed by atoms with Crippen LogP contribution in [-0.2, 0) is 0 Å². The van der Waals surface area contributed by atoms with Crippen LogP contribution in [0.25, 0.3) is 306 Å². The van der Waals surface area contributed by atoms with Crippen molar-refractivity contribution in [3.63, 3.8) is 0 Å². The SMILES string of the molecule is c1ccc2cc3c(ccc4c(-n5c(-c6ccc(-c7c8ccccc8cc8c7ccc7c(-c9c%10ccccc%10cc%10c9ccc9c(-c%11cccc%12c%11ccc%11c(-c%13cccc%14c%13ccc%13c(-c%15ccc(-c%16nc%17ccccc%17n%16-c%16cccc%17c%16ccc%16cc%18ccccc%18cc%16%17)cc%15)c%15ccccc%15cc%13%14)c%13ccccc%13cc%11%12)cccc9%10)cccc78)cc6)nc6ccccc65)cccc43)cc2c1. The zero-order valence-electron chi connectivity index (χ0n) is 74.8. The van der Waals surface area contributed by atoms with Crippen LogP contribution >= 0.6 is 0 Å². The van der Waals surface area contributed by atoms with Gasteiger partial charge in [0.05, 0.1) is 33.4 Å². The monoisotopic (exact) mass is 1740 g/mol. The molecule has 0 radical (unpaired) electrons. The molecule has 2 heterocycles. The highest BCUT2D eigenvalue weighted by Gasteiger charge is 2.27. The Balaban J connectivity index is 0.518. The van der Waals surface area contributed by atoms with Crippen molar-refractivity contribution in [3.8, 4) is 89.8 Å². The molecule has 30 rings (SSSR count). The minimum atomic E-state index is 0.905. The van der Waals surface area contributed by atoms with Crippen LogP contribution in [0.5, 0.6) is 0 Å². The van der Waals surface area contributed by atoms with Crippen LogP contribution in [0.1, 0.15) is 0 Å². The van der Waals surface area contributed by atoms with Gasteiger partial charge in [0.2, 0.25) is 0 Å². The van der Waals surface area contributed by atoms with Gasteiger partial charge in [0, 0.05) is 21.9 Å². The molecular weight excluding hydrogens is 1670 g/mol. The van der Waals surface area contributed by atoms with Gasteiger partial charge in [-0.15, -0.1) is 0 Å². The van der Waals surface area contributed by atoms with E-state index in [0.717, 1.165) is 67.3 Å². The highest BCUT2D eigenvalue weighted by atomic mass is 15.1. The van der Waals surface area contributed by atoms with Crippen molar-refractivity contribution < 1.29 is 0 Å². The largest absolute Gasteiger partial charge is 0.292 e. The fourth-order valence-corrected chi connectivity index (χ4v) is 24.2. The van der Waals surface area contributed by atoms with E-state index in [1.165, 1.54) is 238 Å². The smallest absolute Gasteiger partial charge is 0.145 e. The molecule has 0 amide bonds. The molecule has 0 fully saturated rings. The van der Waals surface area contributed by atoms with Gasteiger partial charge in [-0.3, -0.25) is 9.13 Å². The molecule has 0 aliphatic rings. The number of nitrogens with zero attached hydrogens (tertiary/aromatic N) is 4. The molecule has 0 unspecified atom stereocenters. The molecule has 0 aliphatic carbocycles. The van der Waals surface area contributed by atoms with E-state index in [1.807, 2.05) is 0 Å². The van der Waals surface area contributed by atoms with Crippen LogP contribution < -0.4 is 0 Å². The Labute approximate surface area is 792 Å². The highest BCUT2D eigenvalue weighted by Crippen LogP contribution is 2.52. The Kier molecular flexibility index (Phi) is 16.4. The number of para-hydroxylation sites is 4. The summed E-state index contributed by atoms with van der Waals surface area (Å²) in [6, 6.07) is 178. The highest BCUT2D eigenvalue weighted by molar-refractivity contribution is 6.31. The summed E-state index contributed by atoms with van der Waals surface area (Å²) < 4.78 is 4.74. The number of hydrogen-bond acceptors (Lipinski definition) is 2. The van der Waals surface area contributed by atoms with Crippen molar-refractivity contribution in [1.29, 1.82) is 0 Å². The summed E-state index contributed by atoms with van der Waals surface area (Å²) in [5.74, 6) is 1.81. The van der Waals surface area contributed by atoms with Crippen molar-refractivity contribution in [2.75, 3.05) is 0 Å². The van der Waals surface area contributed by atoms with Gasteiger partial charge in [-0.05, 0) is 324 Å². The van der Waals surface area contributed by atoms with Gasteiger partial charge in [0.25, 0.3) is 0 Å². The summed E-state index contributed by atoms with van der Waals surface area (Å²) in [6.45, 7) is 0. The first kappa shape index (κ1) is 76.3. The lowest BCUT2D eigenvalue weighted by Crippen LogP contribution is -1.99. The Hall–Kier alpha value is -18.2. The Morgan fingerprint density at radius 2 is 0.377 bits per heavy atom. The second kappa shape index (κ2) is 29.6. The standard InChI is InChI=1S/C134H78N4/c1-3-25-85-73-117-91(71-83(85)23-1)59-61-109-103(117)41-21-49-125(109)137-127-47-15-13-45-123(127)135-133(137)81-55-51-79(52-56-81)129-93-31-9-5-27-87(93)75-119-101-39-19-43-111(107(101)65-67-113(119)129)131-95-33-11-7-29-89(95)77-121-99-37-17-35-97(105(99)63-69-115(121)131)98-36-18-38-100-106(98)64-70-116-122(100)78-90-30-8-12-34-96(90)132(116)112-44-20-40-102-108(112)66-68-114-120(102)76-88-28-6-10-32-94(88)130(114)80-53-57-82(58-54-80)134-136-124-46-14-16-48-128(124)138(134)126-50-22-42-104-110(126)62-60-92-72-84-24-2-4-26-86(84)74-118(92)104/h1-78H. The van der Waals surface area contributed by atoms with Gasteiger partial charge in [0.15, 0.2) is 0 Å². The number of benzene rings is 28. The maximum atomic E-state index is 5.45. The first-order valence-corrected chi connectivity index (χ1v) is 47.8. The molecule has 4 nitrogen and oxygen atoms in total. The molecule has 28 aromatic carbocycles. The fraction of sp³-hybridized carbons (Fsp3) is 0. The molecular formula is C134H78N4. The topological polar surface area (TPSA) is 35.6 Å². The molecule has 4 heteroatoms.